The number of ether oxygens (including phenoxy) is 1. The van der Waals surface area contributed by atoms with E-state index in [1.54, 1.807) is 6.20 Å². The quantitative estimate of drug-likeness (QED) is 0.923. The van der Waals surface area contributed by atoms with Crippen LogP contribution in [0.5, 0.6) is 0 Å². The third-order valence-electron chi connectivity index (χ3n) is 3.77. The van der Waals surface area contributed by atoms with Crippen molar-refractivity contribution in [1.29, 1.82) is 0 Å². The molecular formula is C14H21N5O. The molecule has 1 aliphatic rings. The van der Waals surface area contributed by atoms with E-state index in [1.807, 2.05) is 18.5 Å². The van der Waals surface area contributed by atoms with E-state index < -0.39 is 0 Å². The van der Waals surface area contributed by atoms with E-state index in [4.69, 9.17) is 4.74 Å². The summed E-state index contributed by atoms with van der Waals surface area (Å²) in [6.07, 6.45) is 5.71. The third-order valence-corrected chi connectivity index (χ3v) is 3.77. The fourth-order valence-electron chi connectivity index (χ4n) is 2.68. The van der Waals surface area contributed by atoms with Crippen LogP contribution in [0, 0.1) is 0 Å². The molecule has 20 heavy (non-hydrogen) atoms. The van der Waals surface area contributed by atoms with Gasteiger partial charge in [-0.15, -0.1) is 0 Å². The summed E-state index contributed by atoms with van der Waals surface area (Å²) in [6, 6.07) is 2.67. The highest BCUT2D eigenvalue weighted by atomic mass is 16.5. The van der Waals surface area contributed by atoms with Crippen LogP contribution in [-0.2, 0) is 11.3 Å². The molecule has 0 aliphatic carbocycles. The first kappa shape index (κ1) is 13.3. The average molecular weight is 275 g/mol. The van der Waals surface area contributed by atoms with Gasteiger partial charge in [-0.3, -0.25) is 10.00 Å². The van der Waals surface area contributed by atoms with Crippen molar-refractivity contribution in [3.8, 4) is 0 Å². The van der Waals surface area contributed by atoms with Gasteiger partial charge in [-0.2, -0.15) is 5.10 Å². The van der Waals surface area contributed by atoms with Gasteiger partial charge in [-0.25, -0.2) is 4.98 Å². The molecule has 2 aromatic heterocycles. The Balaban J connectivity index is 1.79. The zero-order chi connectivity index (χ0) is 13.9. The number of aromatic nitrogens is 4. The number of hydrogen-bond donors (Lipinski definition) is 1. The van der Waals surface area contributed by atoms with Crippen LogP contribution in [-0.4, -0.2) is 44.4 Å². The van der Waals surface area contributed by atoms with Crippen LogP contribution in [0.4, 0.5) is 0 Å². The molecule has 2 aromatic rings. The van der Waals surface area contributed by atoms with Crippen molar-refractivity contribution < 1.29 is 4.74 Å². The van der Waals surface area contributed by atoms with Crippen molar-refractivity contribution in [3.05, 3.63) is 36.2 Å². The number of H-pyrrole nitrogens is 1. The minimum Gasteiger partial charge on any atom is -0.378 e. The first-order valence-corrected chi connectivity index (χ1v) is 7.08. The average Bonchev–Trinajstić information content (AvgIpc) is 3.09. The van der Waals surface area contributed by atoms with Gasteiger partial charge < -0.3 is 9.30 Å². The number of imidazole rings is 1. The summed E-state index contributed by atoms with van der Waals surface area (Å²) in [5.74, 6) is 1.10. The molecule has 0 bridgehead atoms. The summed E-state index contributed by atoms with van der Waals surface area (Å²) >= 11 is 0. The van der Waals surface area contributed by atoms with Gasteiger partial charge in [0, 0.05) is 31.2 Å². The zero-order valence-corrected chi connectivity index (χ0v) is 12.0. The van der Waals surface area contributed by atoms with Crippen molar-refractivity contribution in [2.24, 2.45) is 0 Å². The Kier molecular flexibility index (Phi) is 3.84. The van der Waals surface area contributed by atoms with Crippen LogP contribution >= 0.6 is 0 Å². The van der Waals surface area contributed by atoms with E-state index in [1.165, 1.54) is 0 Å². The van der Waals surface area contributed by atoms with Crippen LogP contribution in [0.1, 0.15) is 37.4 Å². The topological polar surface area (TPSA) is 59.0 Å². The molecule has 3 heterocycles. The van der Waals surface area contributed by atoms with Crippen molar-refractivity contribution in [2.75, 3.05) is 19.8 Å². The predicted molar refractivity (Wildman–Crippen MR) is 75.2 cm³/mol. The summed E-state index contributed by atoms with van der Waals surface area (Å²) in [7, 11) is 0. The first-order chi connectivity index (χ1) is 9.75. The molecule has 3 rings (SSSR count). The van der Waals surface area contributed by atoms with E-state index in [9.17, 15) is 0 Å². The minimum atomic E-state index is 0.226. The monoisotopic (exact) mass is 275 g/mol. The lowest BCUT2D eigenvalue weighted by atomic mass is 10.1. The number of nitrogens with zero attached hydrogens (tertiary/aromatic N) is 4. The summed E-state index contributed by atoms with van der Waals surface area (Å²) in [6.45, 7) is 7.57. The second kappa shape index (κ2) is 5.76. The minimum absolute atomic E-state index is 0.226. The highest BCUT2D eigenvalue weighted by molar-refractivity contribution is 5.07. The largest absolute Gasteiger partial charge is 0.378 e. The highest BCUT2D eigenvalue weighted by Crippen LogP contribution is 2.24. The van der Waals surface area contributed by atoms with Crippen molar-refractivity contribution in [1.82, 2.24) is 24.6 Å². The lowest BCUT2D eigenvalue weighted by Crippen LogP contribution is -2.39. The Morgan fingerprint density at radius 3 is 3.10 bits per heavy atom. The molecule has 6 heteroatoms. The van der Waals surface area contributed by atoms with Crippen molar-refractivity contribution in [2.45, 2.75) is 32.5 Å². The van der Waals surface area contributed by atoms with Gasteiger partial charge in [0.1, 0.15) is 5.82 Å². The molecule has 1 N–H and O–H groups in total. The Bertz CT molecular complexity index is 534. The third kappa shape index (κ3) is 2.62. The van der Waals surface area contributed by atoms with E-state index >= 15 is 0 Å². The van der Waals surface area contributed by atoms with Gasteiger partial charge in [-0.05, 0) is 19.9 Å². The molecule has 6 nitrogen and oxygen atoms in total. The summed E-state index contributed by atoms with van der Waals surface area (Å²) in [4.78, 5) is 6.90. The summed E-state index contributed by atoms with van der Waals surface area (Å²) in [5, 5.41) is 7.10. The lowest BCUT2D eigenvalue weighted by molar-refractivity contribution is -0.0159. The van der Waals surface area contributed by atoms with E-state index in [-0.39, 0.29) is 6.04 Å². The second-order valence-corrected chi connectivity index (χ2v) is 5.42. The SMILES string of the molecule is CC(C)n1ccnc1CN1CCOC[C@@H]1c1ccn[nH]1. The fraction of sp³-hybridized carbons (Fsp3) is 0.571. The van der Waals surface area contributed by atoms with Crippen LogP contribution in [0.3, 0.4) is 0 Å². The van der Waals surface area contributed by atoms with E-state index in [0.717, 1.165) is 31.2 Å². The fourth-order valence-corrected chi connectivity index (χ4v) is 2.68. The van der Waals surface area contributed by atoms with E-state index in [2.05, 4.69) is 38.5 Å². The van der Waals surface area contributed by atoms with Crippen LogP contribution in [0.25, 0.3) is 0 Å². The first-order valence-electron chi connectivity index (χ1n) is 7.08. The lowest BCUT2D eigenvalue weighted by Gasteiger charge is -2.34. The normalized spacial score (nSPS) is 20.6. The van der Waals surface area contributed by atoms with Crippen LogP contribution in [0.15, 0.2) is 24.7 Å². The van der Waals surface area contributed by atoms with Gasteiger partial charge in [0.2, 0.25) is 0 Å². The van der Waals surface area contributed by atoms with Crippen molar-refractivity contribution >= 4 is 0 Å². The van der Waals surface area contributed by atoms with Gasteiger partial charge in [0.05, 0.1) is 31.5 Å². The molecule has 0 spiro atoms. The Morgan fingerprint density at radius 1 is 1.45 bits per heavy atom. The molecule has 0 saturated carbocycles. The molecule has 1 fully saturated rings. The molecule has 0 radical (unpaired) electrons. The van der Waals surface area contributed by atoms with Crippen molar-refractivity contribution in [3.63, 3.8) is 0 Å². The molecular weight excluding hydrogens is 254 g/mol. The molecule has 1 aliphatic heterocycles. The molecule has 0 amide bonds. The Morgan fingerprint density at radius 2 is 2.35 bits per heavy atom. The molecule has 1 saturated heterocycles. The number of hydrogen-bond acceptors (Lipinski definition) is 4. The van der Waals surface area contributed by atoms with Gasteiger partial charge >= 0.3 is 0 Å². The number of nitrogens with one attached hydrogen (secondary N) is 1. The van der Waals surface area contributed by atoms with Gasteiger partial charge in [0.25, 0.3) is 0 Å². The number of morpholine rings is 1. The molecule has 0 aromatic carbocycles. The maximum absolute atomic E-state index is 5.62. The van der Waals surface area contributed by atoms with Crippen LogP contribution in [0.2, 0.25) is 0 Å². The summed E-state index contributed by atoms with van der Waals surface area (Å²) in [5.41, 5.74) is 1.10. The molecule has 1 atom stereocenters. The molecule has 0 unspecified atom stereocenters. The second-order valence-electron chi connectivity index (χ2n) is 5.42. The maximum atomic E-state index is 5.62. The smallest absolute Gasteiger partial charge is 0.123 e. The maximum Gasteiger partial charge on any atom is 0.123 e. The van der Waals surface area contributed by atoms with Gasteiger partial charge in [-0.1, -0.05) is 0 Å². The highest BCUT2D eigenvalue weighted by Gasteiger charge is 2.26. The Labute approximate surface area is 118 Å². The van der Waals surface area contributed by atoms with E-state index in [0.29, 0.717) is 12.6 Å². The standard InChI is InChI=1S/C14H21N5O/c1-11(2)19-6-5-15-14(19)9-18-7-8-20-10-13(18)12-3-4-16-17-12/h3-6,11,13H,7-10H2,1-2H3,(H,16,17)/t13-/m1/s1. The molecule has 108 valence electrons. The number of aromatic amines is 1. The van der Waals surface area contributed by atoms with Gasteiger partial charge in [0.15, 0.2) is 0 Å². The zero-order valence-electron chi connectivity index (χ0n) is 12.0. The Hall–Kier alpha value is -1.66. The summed E-state index contributed by atoms with van der Waals surface area (Å²) < 4.78 is 7.84. The predicted octanol–water partition coefficient (Wildman–Crippen LogP) is 1.76. The van der Waals surface area contributed by atoms with Crippen LogP contribution < -0.4 is 0 Å². The number of rotatable bonds is 4.